The average Bonchev–Trinajstić information content (AvgIpc) is 2.74. The summed E-state index contributed by atoms with van der Waals surface area (Å²) in [5, 5.41) is 0.793. The molecule has 2 N–H and O–H groups in total. The van der Waals surface area contributed by atoms with Gasteiger partial charge in [0, 0.05) is 23.2 Å². The molecule has 0 saturated heterocycles. The highest BCUT2D eigenvalue weighted by molar-refractivity contribution is 5.82. The van der Waals surface area contributed by atoms with Crippen LogP contribution in [0, 0.1) is 18.6 Å². The molecule has 0 bridgehead atoms. The van der Waals surface area contributed by atoms with E-state index < -0.39 is 11.9 Å². The van der Waals surface area contributed by atoms with E-state index in [4.69, 9.17) is 10.2 Å². The Bertz CT molecular complexity index is 783. The van der Waals surface area contributed by atoms with Crippen molar-refractivity contribution < 1.29 is 13.2 Å². The number of furan rings is 1. The fourth-order valence-corrected chi connectivity index (χ4v) is 2.26. The molecule has 1 unspecified atom stereocenters. The topological polar surface area (TPSA) is 52.0 Å². The van der Waals surface area contributed by atoms with Crippen LogP contribution < -0.4 is 5.73 Å². The van der Waals surface area contributed by atoms with E-state index in [9.17, 15) is 8.78 Å². The standard InChI is InChI=1S/C15H12F2N2O/c1-8-12-3-2-10(16)5-13(12)20-15(8)14(18)9-4-11(17)7-19-6-9/h2-7,14H,18H2,1H3. The zero-order valence-electron chi connectivity index (χ0n) is 10.7. The normalized spacial score (nSPS) is 12.8. The number of fused-ring (bicyclic) bond motifs is 1. The lowest BCUT2D eigenvalue weighted by Gasteiger charge is -2.09. The Balaban J connectivity index is 2.12. The van der Waals surface area contributed by atoms with Gasteiger partial charge in [-0.2, -0.15) is 0 Å². The number of nitrogens with zero attached hydrogens (tertiary/aromatic N) is 1. The summed E-state index contributed by atoms with van der Waals surface area (Å²) in [6.07, 6.45) is 2.60. The van der Waals surface area contributed by atoms with E-state index in [1.54, 1.807) is 6.07 Å². The quantitative estimate of drug-likeness (QED) is 0.778. The molecular formula is C15H12F2N2O. The summed E-state index contributed by atoms with van der Waals surface area (Å²) in [4.78, 5) is 3.77. The number of hydrogen-bond donors (Lipinski definition) is 1. The van der Waals surface area contributed by atoms with Crippen molar-refractivity contribution in [3.8, 4) is 0 Å². The van der Waals surface area contributed by atoms with Crippen LogP contribution in [0.4, 0.5) is 8.78 Å². The van der Waals surface area contributed by atoms with Crippen molar-refractivity contribution in [2.24, 2.45) is 5.73 Å². The summed E-state index contributed by atoms with van der Waals surface area (Å²) in [7, 11) is 0. The maximum atomic E-state index is 13.2. The molecule has 5 heteroatoms. The van der Waals surface area contributed by atoms with Crippen LogP contribution in [-0.4, -0.2) is 4.98 Å². The Morgan fingerprint density at radius 2 is 1.95 bits per heavy atom. The minimum absolute atomic E-state index is 0.376. The van der Waals surface area contributed by atoms with Crippen LogP contribution in [0.3, 0.4) is 0 Å². The van der Waals surface area contributed by atoms with Gasteiger partial charge < -0.3 is 10.2 Å². The van der Waals surface area contributed by atoms with Crippen molar-refractivity contribution in [3.63, 3.8) is 0 Å². The maximum Gasteiger partial charge on any atom is 0.141 e. The molecule has 1 aromatic carbocycles. The molecular weight excluding hydrogens is 262 g/mol. The molecule has 0 amide bonds. The van der Waals surface area contributed by atoms with Gasteiger partial charge in [-0.15, -0.1) is 0 Å². The molecule has 2 heterocycles. The second-order valence-corrected chi connectivity index (χ2v) is 4.65. The van der Waals surface area contributed by atoms with Gasteiger partial charge in [0.2, 0.25) is 0 Å². The predicted molar refractivity (Wildman–Crippen MR) is 71.1 cm³/mol. The van der Waals surface area contributed by atoms with Gasteiger partial charge in [0.1, 0.15) is 23.0 Å². The zero-order valence-corrected chi connectivity index (χ0v) is 10.7. The number of pyridine rings is 1. The first kappa shape index (κ1) is 12.7. The Morgan fingerprint density at radius 1 is 1.15 bits per heavy atom. The zero-order chi connectivity index (χ0) is 14.3. The highest BCUT2D eigenvalue weighted by Crippen LogP contribution is 2.31. The highest BCUT2D eigenvalue weighted by Gasteiger charge is 2.19. The molecule has 0 fully saturated rings. The summed E-state index contributed by atoms with van der Waals surface area (Å²) in [5.41, 5.74) is 7.85. The number of nitrogens with two attached hydrogens (primary N) is 1. The first-order chi connectivity index (χ1) is 9.56. The van der Waals surface area contributed by atoms with Crippen molar-refractivity contribution in [1.82, 2.24) is 4.98 Å². The molecule has 0 radical (unpaired) electrons. The van der Waals surface area contributed by atoms with Crippen LogP contribution in [0.1, 0.15) is 22.9 Å². The molecule has 3 nitrogen and oxygen atoms in total. The smallest absolute Gasteiger partial charge is 0.141 e. The van der Waals surface area contributed by atoms with Crippen LogP contribution in [0.5, 0.6) is 0 Å². The summed E-state index contributed by atoms with van der Waals surface area (Å²) in [6, 6.07) is 4.98. The van der Waals surface area contributed by atoms with Gasteiger partial charge in [-0.25, -0.2) is 8.78 Å². The highest BCUT2D eigenvalue weighted by atomic mass is 19.1. The van der Waals surface area contributed by atoms with E-state index in [0.717, 1.165) is 17.1 Å². The fourth-order valence-electron chi connectivity index (χ4n) is 2.26. The summed E-state index contributed by atoms with van der Waals surface area (Å²) in [5.74, 6) is -0.352. The van der Waals surface area contributed by atoms with Crippen molar-refractivity contribution in [1.29, 1.82) is 0 Å². The molecule has 102 valence electrons. The van der Waals surface area contributed by atoms with Crippen molar-refractivity contribution >= 4 is 11.0 Å². The van der Waals surface area contributed by atoms with Crippen LogP contribution in [0.25, 0.3) is 11.0 Å². The monoisotopic (exact) mass is 274 g/mol. The van der Waals surface area contributed by atoms with Gasteiger partial charge in [0.15, 0.2) is 0 Å². The van der Waals surface area contributed by atoms with Crippen molar-refractivity contribution in [3.05, 3.63) is 65.2 Å². The van der Waals surface area contributed by atoms with Gasteiger partial charge in [-0.1, -0.05) is 0 Å². The van der Waals surface area contributed by atoms with E-state index in [1.807, 2.05) is 6.92 Å². The number of benzene rings is 1. The van der Waals surface area contributed by atoms with Crippen LogP contribution in [-0.2, 0) is 0 Å². The predicted octanol–water partition coefficient (Wildman–Crippen LogP) is 3.46. The summed E-state index contributed by atoms with van der Waals surface area (Å²) in [6.45, 7) is 1.84. The molecule has 3 aromatic rings. The molecule has 3 rings (SSSR count). The van der Waals surface area contributed by atoms with Crippen molar-refractivity contribution in [2.45, 2.75) is 13.0 Å². The lowest BCUT2D eigenvalue weighted by Crippen LogP contribution is -2.12. The number of aryl methyl sites for hydroxylation is 1. The number of rotatable bonds is 2. The van der Waals surface area contributed by atoms with E-state index in [2.05, 4.69) is 4.98 Å². The minimum atomic E-state index is -0.645. The van der Waals surface area contributed by atoms with Gasteiger partial charge >= 0.3 is 0 Å². The van der Waals surface area contributed by atoms with Gasteiger partial charge in [-0.3, -0.25) is 4.98 Å². The van der Waals surface area contributed by atoms with Gasteiger partial charge in [0.05, 0.1) is 12.2 Å². The summed E-state index contributed by atoms with van der Waals surface area (Å²) < 4.78 is 32.0. The SMILES string of the molecule is Cc1c(C(N)c2cncc(F)c2)oc2cc(F)ccc12. The number of aromatic nitrogens is 1. The third kappa shape index (κ3) is 2.06. The molecule has 0 aliphatic heterocycles. The van der Waals surface area contributed by atoms with Crippen LogP contribution >= 0.6 is 0 Å². The van der Waals surface area contributed by atoms with E-state index >= 15 is 0 Å². The average molecular weight is 274 g/mol. The van der Waals surface area contributed by atoms with Crippen LogP contribution in [0.2, 0.25) is 0 Å². The number of hydrogen-bond acceptors (Lipinski definition) is 3. The molecule has 1 atom stereocenters. The Hall–Kier alpha value is -2.27. The first-order valence-electron chi connectivity index (χ1n) is 6.11. The lowest BCUT2D eigenvalue weighted by atomic mass is 10.0. The first-order valence-corrected chi connectivity index (χ1v) is 6.11. The summed E-state index contributed by atoms with van der Waals surface area (Å²) >= 11 is 0. The molecule has 0 saturated carbocycles. The lowest BCUT2D eigenvalue weighted by molar-refractivity contribution is 0.516. The van der Waals surface area contributed by atoms with Gasteiger partial charge in [0.25, 0.3) is 0 Å². The van der Waals surface area contributed by atoms with Crippen molar-refractivity contribution in [2.75, 3.05) is 0 Å². The second-order valence-electron chi connectivity index (χ2n) is 4.65. The van der Waals surface area contributed by atoms with E-state index in [-0.39, 0.29) is 5.82 Å². The molecule has 0 spiro atoms. The fraction of sp³-hybridized carbons (Fsp3) is 0.133. The Kier molecular flexibility index (Phi) is 2.99. The number of halogens is 2. The Morgan fingerprint density at radius 3 is 2.70 bits per heavy atom. The van der Waals surface area contributed by atoms with E-state index in [1.165, 1.54) is 24.4 Å². The van der Waals surface area contributed by atoms with Gasteiger partial charge in [-0.05, 0) is 30.7 Å². The molecule has 0 aliphatic rings. The third-order valence-corrected chi connectivity index (χ3v) is 3.30. The molecule has 0 aliphatic carbocycles. The van der Waals surface area contributed by atoms with E-state index in [0.29, 0.717) is 16.9 Å². The van der Waals surface area contributed by atoms with Crippen LogP contribution in [0.15, 0.2) is 41.1 Å². The maximum absolute atomic E-state index is 13.2. The second kappa shape index (κ2) is 4.68. The molecule has 2 aromatic heterocycles. The minimum Gasteiger partial charge on any atom is -0.459 e. The largest absolute Gasteiger partial charge is 0.459 e. The Labute approximate surface area is 114 Å². The molecule has 20 heavy (non-hydrogen) atoms. The third-order valence-electron chi connectivity index (χ3n) is 3.30.